The number of benzene rings is 1. The number of nitrogens with zero attached hydrogens (tertiary/aromatic N) is 3. The van der Waals surface area contributed by atoms with Gasteiger partial charge in [0.25, 0.3) is 0 Å². The van der Waals surface area contributed by atoms with E-state index >= 15 is 0 Å². The maximum Gasteiger partial charge on any atom is 0.229 e. The lowest BCUT2D eigenvalue weighted by Crippen LogP contribution is -2.42. The Balaban J connectivity index is 1.48. The van der Waals surface area contributed by atoms with Crippen LogP contribution in [0, 0.1) is 0 Å². The first-order valence-corrected chi connectivity index (χ1v) is 8.88. The quantitative estimate of drug-likeness (QED) is 0.861. The fraction of sp³-hybridized carbons (Fsp3) is 0.474. The number of imidazole rings is 1. The number of carbonyl (C=O) groups is 1. The van der Waals surface area contributed by atoms with E-state index in [0.29, 0.717) is 19.3 Å². The second-order valence-electron chi connectivity index (χ2n) is 6.71. The fourth-order valence-corrected chi connectivity index (χ4v) is 3.63. The Labute approximate surface area is 147 Å². The van der Waals surface area contributed by atoms with Crippen molar-refractivity contribution in [1.29, 1.82) is 0 Å². The molecule has 4 rings (SSSR count). The molecule has 0 radical (unpaired) electrons. The van der Waals surface area contributed by atoms with E-state index < -0.39 is 0 Å². The molecule has 2 aromatic rings. The zero-order valence-electron chi connectivity index (χ0n) is 14.4. The van der Waals surface area contributed by atoms with Gasteiger partial charge in [-0.2, -0.15) is 0 Å². The summed E-state index contributed by atoms with van der Waals surface area (Å²) in [6.07, 6.45) is 7.70. The lowest BCUT2D eigenvalue weighted by molar-refractivity contribution is -0.134. The summed E-state index contributed by atoms with van der Waals surface area (Å²) in [5, 5.41) is 0. The van der Waals surface area contributed by atoms with Crippen LogP contribution in [0.15, 0.2) is 36.9 Å². The summed E-state index contributed by atoms with van der Waals surface area (Å²) in [6, 6.07) is 6.12. The third-order valence-electron chi connectivity index (χ3n) is 5.09. The number of amides is 1. The number of aromatic nitrogens is 2. The number of rotatable bonds is 3. The molecule has 1 fully saturated rings. The minimum Gasteiger partial charge on any atom is -0.486 e. The Kier molecular flexibility index (Phi) is 4.34. The Bertz CT molecular complexity index is 744. The van der Waals surface area contributed by atoms with E-state index in [1.54, 1.807) is 6.20 Å². The third-order valence-corrected chi connectivity index (χ3v) is 5.09. The molecule has 2 aliphatic heterocycles. The summed E-state index contributed by atoms with van der Waals surface area (Å²) in [7, 11) is 0. The molecule has 0 N–H and O–H groups in total. The zero-order chi connectivity index (χ0) is 17.2. The Morgan fingerprint density at radius 2 is 2.12 bits per heavy atom. The predicted molar refractivity (Wildman–Crippen MR) is 92.9 cm³/mol. The smallest absolute Gasteiger partial charge is 0.229 e. The number of hydrogen-bond donors (Lipinski definition) is 0. The monoisotopic (exact) mass is 341 g/mol. The first-order valence-electron chi connectivity index (χ1n) is 8.88. The van der Waals surface area contributed by atoms with Gasteiger partial charge in [-0.3, -0.25) is 4.79 Å². The molecule has 6 heteroatoms. The molecule has 1 saturated heterocycles. The van der Waals surface area contributed by atoms with Crippen LogP contribution in [-0.4, -0.2) is 46.7 Å². The van der Waals surface area contributed by atoms with E-state index in [-0.39, 0.29) is 11.8 Å². The van der Waals surface area contributed by atoms with Gasteiger partial charge in [0, 0.05) is 25.5 Å². The van der Waals surface area contributed by atoms with Gasteiger partial charge in [-0.25, -0.2) is 4.98 Å². The fourth-order valence-electron chi connectivity index (χ4n) is 3.63. The van der Waals surface area contributed by atoms with Crippen molar-refractivity contribution < 1.29 is 14.3 Å². The molecule has 0 unspecified atom stereocenters. The number of piperidine rings is 1. The number of fused-ring (bicyclic) bond motifs is 1. The van der Waals surface area contributed by atoms with Gasteiger partial charge < -0.3 is 18.9 Å². The molecular weight excluding hydrogens is 318 g/mol. The van der Waals surface area contributed by atoms with Gasteiger partial charge in [-0.1, -0.05) is 6.07 Å². The van der Waals surface area contributed by atoms with Crippen LogP contribution in [0.1, 0.15) is 37.3 Å². The van der Waals surface area contributed by atoms with Crippen LogP contribution in [0.3, 0.4) is 0 Å². The second kappa shape index (κ2) is 6.78. The van der Waals surface area contributed by atoms with Crippen molar-refractivity contribution in [3.8, 4) is 11.5 Å². The van der Waals surface area contributed by atoms with Gasteiger partial charge in [-0.05, 0) is 37.5 Å². The topological polar surface area (TPSA) is 56.6 Å². The van der Waals surface area contributed by atoms with Gasteiger partial charge >= 0.3 is 0 Å². The standard InChI is InChI=1S/C19H23N3O3/c1-14(15-4-5-17-18(11-15)25-10-9-24-17)19(23)21-7-2-3-16(12-21)22-8-6-20-13-22/h4-6,8,11,13-14,16H,2-3,7,9-10,12H2,1H3/t14-,16-/m1/s1. The molecule has 0 saturated carbocycles. The van der Waals surface area contributed by atoms with Crippen molar-refractivity contribution in [2.75, 3.05) is 26.3 Å². The van der Waals surface area contributed by atoms with Crippen molar-refractivity contribution in [2.24, 2.45) is 0 Å². The number of carbonyl (C=O) groups excluding carboxylic acids is 1. The lowest BCUT2D eigenvalue weighted by atomic mass is 9.97. The average Bonchev–Trinajstić information content (AvgIpc) is 3.21. The molecule has 1 aromatic carbocycles. The molecule has 6 nitrogen and oxygen atoms in total. The van der Waals surface area contributed by atoms with Crippen molar-refractivity contribution in [1.82, 2.24) is 14.5 Å². The summed E-state index contributed by atoms with van der Waals surface area (Å²) in [6.45, 7) is 4.65. The summed E-state index contributed by atoms with van der Waals surface area (Å²) < 4.78 is 13.3. The first kappa shape index (κ1) is 16.0. The highest BCUT2D eigenvalue weighted by molar-refractivity contribution is 5.83. The maximum atomic E-state index is 13.0. The first-order chi connectivity index (χ1) is 12.2. The normalized spacial score (nSPS) is 21.0. The molecule has 25 heavy (non-hydrogen) atoms. The van der Waals surface area contributed by atoms with Gasteiger partial charge in [-0.15, -0.1) is 0 Å². The maximum absolute atomic E-state index is 13.0. The second-order valence-corrected chi connectivity index (χ2v) is 6.71. The summed E-state index contributed by atoms with van der Waals surface area (Å²) >= 11 is 0. The number of likely N-dealkylation sites (tertiary alicyclic amines) is 1. The minimum absolute atomic E-state index is 0.168. The van der Waals surface area contributed by atoms with Crippen molar-refractivity contribution in [3.63, 3.8) is 0 Å². The molecule has 0 aliphatic carbocycles. The van der Waals surface area contributed by atoms with Crippen molar-refractivity contribution in [3.05, 3.63) is 42.5 Å². The van der Waals surface area contributed by atoms with Crippen LogP contribution < -0.4 is 9.47 Å². The molecule has 132 valence electrons. The molecule has 1 aromatic heterocycles. The summed E-state index contributed by atoms with van der Waals surface area (Å²) in [4.78, 5) is 19.1. The van der Waals surface area contributed by atoms with E-state index in [0.717, 1.165) is 43.0 Å². The average molecular weight is 341 g/mol. The highest BCUT2D eigenvalue weighted by Crippen LogP contribution is 2.34. The largest absolute Gasteiger partial charge is 0.486 e. The van der Waals surface area contributed by atoms with Crippen LogP contribution in [-0.2, 0) is 4.79 Å². The molecule has 0 bridgehead atoms. The lowest BCUT2D eigenvalue weighted by Gasteiger charge is -2.35. The Morgan fingerprint density at radius 1 is 1.28 bits per heavy atom. The van der Waals surface area contributed by atoms with Crippen LogP contribution in [0.4, 0.5) is 0 Å². The minimum atomic E-state index is -0.197. The van der Waals surface area contributed by atoms with Gasteiger partial charge in [0.15, 0.2) is 11.5 Å². The molecule has 1 amide bonds. The van der Waals surface area contributed by atoms with Gasteiger partial charge in [0.05, 0.1) is 18.3 Å². The molecular formula is C19H23N3O3. The summed E-state index contributed by atoms with van der Waals surface area (Å²) in [5.74, 6) is 1.46. The van der Waals surface area contributed by atoms with E-state index in [1.807, 2.05) is 42.5 Å². The highest BCUT2D eigenvalue weighted by atomic mass is 16.6. The Hall–Kier alpha value is -2.50. The van der Waals surface area contributed by atoms with Crippen LogP contribution >= 0.6 is 0 Å². The van der Waals surface area contributed by atoms with Crippen molar-refractivity contribution >= 4 is 5.91 Å². The molecule has 0 spiro atoms. The molecule has 3 heterocycles. The number of hydrogen-bond acceptors (Lipinski definition) is 4. The van der Waals surface area contributed by atoms with Crippen LogP contribution in [0.2, 0.25) is 0 Å². The van der Waals surface area contributed by atoms with Crippen molar-refractivity contribution in [2.45, 2.75) is 31.7 Å². The number of ether oxygens (including phenoxy) is 2. The van der Waals surface area contributed by atoms with E-state index in [9.17, 15) is 4.79 Å². The molecule has 2 atom stereocenters. The van der Waals surface area contributed by atoms with E-state index in [1.165, 1.54) is 0 Å². The van der Waals surface area contributed by atoms with Gasteiger partial charge in [0.2, 0.25) is 5.91 Å². The zero-order valence-corrected chi connectivity index (χ0v) is 14.4. The van der Waals surface area contributed by atoms with Crippen LogP contribution in [0.25, 0.3) is 0 Å². The van der Waals surface area contributed by atoms with E-state index in [4.69, 9.17) is 9.47 Å². The van der Waals surface area contributed by atoms with E-state index in [2.05, 4.69) is 9.55 Å². The predicted octanol–water partition coefficient (Wildman–Crippen LogP) is 2.62. The third kappa shape index (κ3) is 3.21. The summed E-state index contributed by atoms with van der Waals surface area (Å²) in [5.41, 5.74) is 0.971. The van der Waals surface area contributed by atoms with Crippen LogP contribution in [0.5, 0.6) is 11.5 Å². The molecule has 2 aliphatic rings. The highest BCUT2D eigenvalue weighted by Gasteiger charge is 2.28. The SMILES string of the molecule is C[C@@H](C(=O)N1CCC[C@@H](n2ccnc2)C1)c1ccc2c(c1)OCCO2. The van der Waals surface area contributed by atoms with Gasteiger partial charge in [0.1, 0.15) is 13.2 Å². The Morgan fingerprint density at radius 3 is 2.92 bits per heavy atom.